The van der Waals surface area contributed by atoms with E-state index in [1.807, 2.05) is 0 Å². The fraction of sp³-hybridized carbons (Fsp3) is 0.0588. The fourth-order valence-electron chi connectivity index (χ4n) is 2.46. The molecule has 0 atom stereocenters. The molecule has 3 aromatic rings. The number of aromatic hydroxyl groups is 2. The van der Waals surface area contributed by atoms with Gasteiger partial charge in [-0.3, -0.25) is 4.55 Å². The lowest BCUT2D eigenvalue weighted by molar-refractivity contribution is 0.413. The van der Waals surface area contributed by atoms with Crippen molar-refractivity contribution in [2.45, 2.75) is 4.90 Å². The van der Waals surface area contributed by atoms with Gasteiger partial charge in [-0.25, -0.2) is 0 Å². The molecule has 0 heterocycles. The highest BCUT2D eigenvalue weighted by Crippen LogP contribution is 2.43. The lowest BCUT2D eigenvalue weighted by Crippen LogP contribution is -1.99. The van der Waals surface area contributed by atoms with Crippen LogP contribution < -0.4 is 4.74 Å². The van der Waals surface area contributed by atoms with Crippen molar-refractivity contribution in [1.82, 2.24) is 0 Å². The molecule has 0 aliphatic heterocycles. The van der Waals surface area contributed by atoms with Crippen LogP contribution in [0.3, 0.4) is 0 Å². The van der Waals surface area contributed by atoms with Crippen LogP contribution in [-0.4, -0.2) is 30.3 Å². The van der Waals surface area contributed by atoms with Crippen molar-refractivity contribution >= 4 is 43.9 Å². The molecule has 27 heavy (non-hydrogen) atoms. The van der Waals surface area contributed by atoms with Gasteiger partial charge >= 0.3 is 0 Å². The summed E-state index contributed by atoms with van der Waals surface area (Å²) in [6.45, 7) is 0. The van der Waals surface area contributed by atoms with Gasteiger partial charge in [-0.2, -0.15) is 8.42 Å². The van der Waals surface area contributed by atoms with Gasteiger partial charge < -0.3 is 14.9 Å². The van der Waals surface area contributed by atoms with Gasteiger partial charge in [0.05, 0.1) is 12.1 Å². The second kappa shape index (κ2) is 7.03. The second-order valence-corrected chi connectivity index (χ2v) is 7.24. The van der Waals surface area contributed by atoms with Crippen LogP contribution in [0.5, 0.6) is 17.2 Å². The molecule has 0 amide bonds. The van der Waals surface area contributed by atoms with E-state index >= 15 is 0 Å². The van der Waals surface area contributed by atoms with E-state index in [1.165, 1.54) is 25.3 Å². The SMILES string of the molecule is COc1cc(N=Nc2c(S(=O)(=O)O)cc3ccccc3c2O)c(O)cc1Cl. The Labute approximate surface area is 159 Å². The molecule has 0 radical (unpaired) electrons. The summed E-state index contributed by atoms with van der Waals surface area (Å²) in [5.74, 6) is -0.607. The maximum absolute atomic E-state index is 11.7. The van der Waals surface area contributed by atoms with Gasteiger partial charge in [0, 0.05) is 17.5 Å². The number of phenolic OH excluding ortho intramolecular Hbond substituents is 2. The van der Waals surface area contributed by atoms with Crippen LogP contribution in [0.1, 0.15) is 0 Å². The molecule has 8 nitrogen and oxygen atoms in total. The number of azo groups is 1. The van der Waals surface area contributed by atoms with Crippen molar-refractivity contribution in [2.75, 3.05) is 7.11 Å². The number of benzene rings is 3. The van der Waals surface area contributed by atoms with Crippen LogP contribution in [0.25, 0.3) is 10.8 Å². The largest absolute Gasteiger partial charge is 0.506 e. The van der Waals surface area contributed by atoms with E-state index in [1.54, 1.807) is 24.3 Å². The average Bonchev–Trinajstić information content (AvgIpc) is 2.61. The molecule has 3 rings (SSSR count). The molecular weight excluding hydrogens is 396 g/mol. The zero-order chi connectivity index (χ0) is 19.8. The first-order chi connectivity index (χ1) is 12.7. The predicted octanol–water partition coefficient (Wildman–Crippen LogP) is 4.58. The molecule has 0 aliphatic rings. The first-order valence-corrected chi connectivity index (χ1v) is 9.24. The van der Waals surface area contributed by atoms with Crippen LogP contribution in [-0.2, 0) is 10.1 Å². The van der Waals surface area contributed by atoms with Crippen LogP contribution in [0.4, 0.5) is 11.4 Å². The Hall–Kier alpha value is -2.88. The summed E-state index contributed by atoms with van der Waals surface area (Å²) in [7, 11) is -3.34. The molecular formula is C17H13ClN2O6S. The lowest BCUT2D eigenvalue weighted by atomic mass is 10.1. The van der Waals surface area contributed by atoms with Crippen LogP contribution in [0.2, 0.25) is 5.02 Å². The quantitative estimate of drug-likeness (QED) is 0.428. The maximum Gasteiger partial charge on any atom is 0.296 e. The van der Waals surface area contributed by atoms with E-state index in [9.17, 15) is 23.2 Å². The van der Waals surface area contributed by atoms with Gasteiger partial charge in [0.2, 0.25) is 0 Å². The smallest absolute Gasteiger partial charge is 0.296 e. The van der Waals surface area contributed by atoms with Crippen molar-refractivity contribution in [3.05, 3.63) is 47.5 Å². The minimum absolute atomic E-state index is 0.0786. The van der Waals surface area contributed by atoms with Crippen LogP contribution in [0.15, 0.2) is 57.6 Å². The molecule has 0 bridgehead atoms. The summed E-state index contributed by atoms with van der Waals surface area (Å²) in [5, 5.41) is 28.7. The summed E-state index contributed by atoms with van der Waals surface area (Å²) in [6, 6.07) is 10.0. The monoisotopic (exact) mass is 408 g/mol. The third kappa shape index (κ3) is 3.65. The molecule has 0 fully saturated rings. The van der Waals surface area contributed by atoms with E-state index < -0.39 is 26.5 Å². The van der Waals surface area contributed by atoms with E-state index in [4.69, 9.17) is 16.3 Å². The number of rotatable bonds is 4. The van der Waals surface area contributed by atoms with Crippen molar-refractivity contribution in [3.8, 4) is 17.2 Å². The Kier molecular flexibility index (Phi) is 4.92. The molecule has 0 unspecified atom stereocenters. The van der Waals surface area contributed by atoms with Crippen molar-refractivity contribution in [1.29, 1.82) is 0 Å². The molecule has 10 heteroatoms. The zero-order valence-corrected chi connectivity index (χ0v) is 15.4. The van der Waals surface area contributed by atoms with Gasteiger partial charge in [0.25, 0.3) is 10.1 Å². The summed E-state index contributed by atoms with van der Waals surface area (Å²) in [5.41, 5.74) is -0.547. The van der Waals surface area contributed by atoms with Gasteiger partial charge in [-0.15, -0.1) is 10.2 Å². The molecule has 0 aromatic heterocycles. The van der Waals surface area contributed by atoms with Crippen LogP contribution >= 0.6 is 11.6 Å². The Morgan fingerprint density at radius 3 is 2.44 bits per heavy atom. The Morgan fingerprint density at radius 1 is 1.07 bits per heavy atom. The Bertz CT molecular complexity index is 1180. The first-order valence-electron chi connectivity index (χ1n) is 7.43. The van der Waals surface area contributed by atoms with Gasteiger partial charge in [0.15, 0.2) is 5.75 Å². The van der Waals surface area contributed by atoms with Gasteiger partial charge in [-0.1, -0.05) is 35.9 Å². The molecule has 0 saturated carbocycles. The van der Waals surface area contributed by atoms with E-state index in [-0.39, 0.29) is 22.2 Å². The highest BCUT2D eigenvalue weighted by atomic mass is 35.5. The molecule has 140 valence electrons. The van der Waals surface area contributed by atoms with Crippen LogP contribution in [0, 0.1) is 0 Å². The van der Waals surface area contributed by atoms with E-state index in [0.717, 1.165) is 0 Å². The third-order valence-electron chi connectivity index (χ3n) is 3.74. The number of fused-ring (bicyclic) bond motifs is 1. The number of hydrogen-bond acceptors (Lipinski definition) is 7. The number of nitrogens with zero attached hydrogens (tertiary/aromatic N) is 2. The minimum atomic E-state index is -4.70. The molecule has 0 aliphatic carbocycles. The number of halogens is 1. The topological polar surface area (TPSA) is 129 Å². The maximum atomic E-state index is 11.7. The molecule has 3 N–H and O–H groups in total. The third-order valence-corrected chi connectivity index (χ3v) is 4.91. The van der Waals surface area contributed by atoms with Crippen molar-refractivity contribution < 1.29 is 27.9 Å². The summed E-state index contributed by atoms with van der Waals surface area (Å²) >= 11 is 5.88. The highest BCUT2D eigenvalue weighted by molar-refractivity contribution is 7.86. The summed E-state index contributed by atoms with van der Waals surface area (Å²) in [4.78, 5) is -0.622. The Morgan fingerprint density at radius 2 is 1.78 bits per heavy atom. The number of methoxy groups -OCH3 is 1. The second-order valence-electron chi connectivity index (χ2n) is 5.44. The van der Waals surface area contributed by atoms with E-state index in [0.29, 0.717) is 10.8 Å². The molecule has 0 saturated heterocycles. The van der Waals surface area contributed by atoms with Gasteiger partial charge in [-0.05, 0) is 11.5 Å². The fourth-order valence-corrected chi connectivity index (χ4v) is 3.35. The first kappa shape index (κ1) is 18.9. The highest BCUT2D eigenvalue weighted by Gasteiger charge is 2.22. The predicted molar refractivity (Wildman–Crippen MR) is 99.3 cm³/mol. The zero-order valence-electron chi connectivity index (χ0n) is 13.8. The molecule has 3 aromatic carbocycles. The average molecular weight is 409 g/mol. The van der Waals surface area contributed by atoms with Crippen molar-refractivity contribution in [3.63, 3.8) is 0 Å². The number of hydrogen-bond donors (Lipinski definition) is 3. The lowest BCUT2D eigenvalue weighted by Gasteiger charge is -2.09. The molecule has 0 spiro atoms. The van der Waals surface area contributed by atoms with Crippen molar-refractivity contribution in [2.24, 2.45) is 10.2 Å². The number of ether oxygens (including phenoxy) is 1. The minimum Gasteiger partial charge on any atom is -0.506 e. The standard InChI is InChI=1S/C17H13ClN2O6S/c1-26-14-8-12(13(21)7-11(14)18)19-20-16-15(27(23,24)25)6-9-4-2-3-5-10(9)17(16)22/h2-8,21-22H,1H3,(H,23,24,25). The summed E-state index contributed by atoms with van der Waals surface area (Å²) < 4.78 is 38.0. The van der Waals surface area contributed by atoms with Gasteiger partial charge in [0.1, 0.15) is 27.8 Å². The normalized spacial score (nSPS) is 12.0. The summed E-state index contributed by atoms with van der Waals surface area (Å²) in [6.07, 6.45) is 0. The van der Waals surface area contributed by atoms with E-state index in [2.05, 4.69) is 10.2 Å². The Balaban J connectivity index is 2.23. The number of phenols is 2.